The number of hydrogen-bond donors (Lipinski definition) is 1. The van der Waals surface area contributed by atoms with Crippen LogP contribution in [-0.2, 0) is 9.59 Å². The second-order valence-electron chi connectivity index (χ2n) is 4.84. The van der Waals surface area contributed by atoms with Crippen molar-refractivity contribution in [2.75, 3.05) is 33.7 Å². The molecular weight excluding hydrogens is 292 g/mol. The van der Waals surface area contributed by atoms with E-state index in [1.165, 1.54) is 11.0 Å². The SMILES string of the molecule is CN(C)CCN(CC(=O)O)C(=O)/C=C/c1ccc(Cl)cc1. The smallest absolute Gasteiger partial charge is 0.323 e. The minimum atomic E-state index is -1.03. The summed E-state index contributed by atoms with van der Waals surface area (Å²) in [7, 11) is 3.74. The summed E-state index contributed by atoms with van der Waals surface area (Å²) in [4.78, 5) is 26.1. The van der Waals surface area contributed by atoms with E-state index in [9.17, 15) is 9.59 Å². The Morgan fingerprint density at radius 3 is 2.33 bits per heavy atom. The Hall–Kier alpha value is -1.85. The highest BCUT2D eigenvalue weighted by molar-refractivity contribution is 6.30. The second kappa shape index (κ2) is 8.44. The zero-order valence-corrected chi connectivity index (χ0v) is 12.9. The van der Waals surface area contributed by atoms with Gasteiger partial charge in [0.2, 0.25) is 5.91 Å². The van der Waals surface area contributed by atoms with Crippen LogP contribution in [0, 0.1) is 0 Å². The van der Waals surface area contributed by atoms with Crippen LogP contribution in [0.25, 0.3) is 6.08 Å². The molecule has 0 unspecified atom stereocenters. The molecule has 114 valence electrons. The van der Waals surface area contributed by atoms with Crippen molar-refractivity contribution < 1.29 is 14.7 Å². The number of nitrogens with zero attached hydrogens (tertiary/aromatic N) is 2. The van der Waals surface area contributed by atoms with E-state index in [0.717, 1.165) is 5.56 Å². The van der Waals surface area contributed by atoms with Gasteiger partial charge in [-0.3, -0.25) is 9.59 Å². The maximum Gasteiger partial charge on any atom is 0.323 e. The Kier molecular flexibility index (Phi) is 6.91. The summed E-state index contributed by atoms with van der Waals surface area (Å²) in [6.45, 7) is 0.661. The fraction of sp³-hybridized carbons (Fsp3) is 0.333. The lowest BCUT2D eigenvalue weighted by Gasteiger charge is -2.21. The van der Waals surface area contributed by atoms with Crippen LogP contribution in [-0.4, -0.2) is 60.5 Å². The molecule has 21 heavy (non-hydrogen) atoms. The molecule has 0 spiro atoms. The predicted octanol–water partition coefficient (Wildman–Crippen LogP) is 1.83. The molecule has 0 aliphatic rings. The highest BCUT2D eigenvalue weighted by Crippen LogP contribution is 2.10. The standard InChI is InChI=1S/C15H19ClN2O3/c1-17(2)9-10-18(11-15(20)21)14(19)8-5-12-3-6-13(16)7-4-12/h3-8H,9-11H2,1-2H3,(H,20,21)/b8-5+. The van der Waals surface area contributed by atoms with Crippen molar-refractivity contribution in [3.05, 3.63) is 40.9 Å². The van der Waals surface area contributed by atoms with Crippen LogP contribution in [0.4, 0.5) is 0 Å². The molecule has 0 radical (unpaired) electrons. The highest BCUT2D eigenvalue weighted by atomic mass is 35.5. The summed E-state index contributed by atoms with van der Waals surface area (Å²) >= 11 is 5.78. The van der Waals surface area contributed by atoms with Gasteiger partial charge in [-0.2, -0.15) is 0 Å². The van der Waals surface area contributed by atoms with Crippen molar-refractivity contribution in [2.24, 2.45) is 0 Å². The number of carbonyl (C=O) groups excluding carboxylic acids is 1. The van der Waals surface area contributed by atoms with Gasteiger partial charge in [-0.15, -0.1) is 0 Å². The average molecular weight is 311 g/mol. The van der Waals surface area contributed by atoms with Gasteiger partial charge in [-0.25, -0.2) is 0 Å². The van der Waals surface area contributed by atoms with Gasteiger partial charge >= 0.3 is 5.97 Å². The van der Waals surface area contributed by atoms with Gasteiger partial charge in [0.05, 0.1) is 0 Å². The number of carboxylic acid groups (broad SMARTS) is 1. The summed E-state index contributed by atoms with van der Waals surface area (Å²) < 4.78 is 0. The molecule has 1 N–H and O–H groups in total. The summed E-state index contributed by atoms with van der Waals surface area (Å²) in [5.74, 6) is -1.35. The third kappa shape index (κ3) is 6.92. The van der Waals surface area contributed by atoms with E-state index in [1.54, 1.807) is 30.3 Å². The van der Waals surface area contributed by atoms with Crippen molar-refractivity contribution in [3.8, 4) is 0 Å². The first-order valence-corrected chi connectivity index (χ1v) is 6.85. The quantitative estimate of drug-likeness (QED) is 0.781. The molecule has 5 nitrogen and oxygen atoms in total. The van der Waals surface area contributed by atoms with Gasteiger partial charge in [-0.05, 0) is 37.9 Å². The third-order valence-corrected chi connectivity index (χ3v) is 3.00. The molecule has 1 amide bonds. The number of aliphatic carboxylic acids is 1. The zero-order chi connectivity index (χ0) is 15.8. The summed E-state index contributed by atoms with van der Waals surface area (Å²) in [5.41, 5.74) is 0.829. The molecule has 0 aromatic heterocycles. The summed E-state index contributed by atoms with van der Waals surface area (Å²) in [6.07, 6.45) is 3.02. The molecule has 1 aromatic carbocycles. The highest BCUT2D eigenvalue weighted by Gasteiger charge is 2.14. The van der Waals surface area contributed by atoms with Crippen molar-refractivity contribution in [1.82, 2.24) is 9.80 Å². The van der Waals surface area contributed by atoms with Crippen LogP contribution in [0.15, 0.2) is 30.3 Å². The lowest BCUT2D eigenvalue weighted by molar-refractivity contribution is -0.142. The predicted molar refractivity (Wildman–Crippen MR) is 83.3 cm³/mol. The fourth-order valence-electron chi connectivity index (χ4n) is 1.60. The Morgan fingerprint density at radius 2 is 1.81 bits per heavy atom. The van der Waals surface area contributed by atoms with Crippen molar-refractivity contribution in [3.63, 3.8) is 0 Å². The monoisotopic (exact) mass is 310 g/mol. The largest absolute Gasteiger partial charge is 0.480 e. The number of hydrogen-bond acceptors (Lipinski definition) is 3. The molecule has 0 aliphatic carbocycles. The molecule has 0 saturated carbocycles. The minimum Gasteiger partial charge on any atom is -0.480 e. The fourth-order valence-corrected chi connectivity index (χ4v) is 1.72. The van der Waals surface area contributed by atoms with Crippen LogP contribution in [0.5, 0.6) is 0 Å². The first-order chi connectivity index (χ1) is 9.88. The maximum atomic E-state index is 12.1. The number of rotatable bonds is 7. The number of carbonyl (C=O) groups is 2. The van der Waals surface area contributed by atoms with Gasteiger partial charge in [0.15, 0.2) is 0 Å². The molecule has 0 fully saturated rings. The number of carboxylic acids is 1. The zero-order valence-electron chi connectivity index (χ0n) is 12.1. The van der Waals surface area contributed by atoms with Gasteiger partial charge in [0.25, 0.3) is 0 Å². The third-order valence-electron chi connectivity index (χ3n) is 2.74. The van der Waals surface area contributed by atoms with Crippen LogP contribution in [0.2, 0.25) is 5.02 Å². The second-order valence-corrected chi connectivity index (χ2v) is 5.28. The Labute approximate surface area is 129 Å². The van der Waals surface area contributed by atoms with Crippen molar-refractivity contribution in [1.29, 1.82) is 0 Å². The first kappa shape index (κ1) is 17.2. The van der Waals surface area contributed by atoms with Crippen LogP contribution < -0.4 is 0 Å². The van der Waals surface area contributed by atoms with Crippen LogP contribution >= 0.6 is 11.6 Å². The molecule has 0 aliphatic heterocycles. The van der Waals surface area contributed by atoms with E-state index >= 15 is 0 Å². The van der Waals surface area contributed by atoms with E-state index in [-0.39, 0.29) is 12.5 Å². The number of likely N-dealkylation sites (N-methyl/N-ethyl adjacent to an activating group) is 1. The first-order valence-electron chi connectivity index (χ1n) is 6.47. The molecule has 0 saturated heterocycles. The number of amides is 1. The molecule has 0 heterocycles. The van der Waals surface area contributed by atoms with Crippen molar-refractivity contribution >= 4 is 29.6 Å². The van der Waals surface area contributed by atoms with E-state index in [2.05, 4.69) is 0 Å². The summed E-state index contributed by atoms with van der Waals surface area (Å²) in [6, 6.07) is 7.03. The molecule has 0 atom stereocenters. The van der Waals surface area contributed by atoms with E-state index < -0.39 is 5.97 Å². The number of benzene rings is 1. The topological polar surface area (TPSA) is 60.9 Å². The van der Waals surface area contributed by atoms with E-state index in [1.807, 2.05) is 19.0 Å². The van der Waals surface area contributed by atoms with Gasteiger partial charge in [-0.1, -0.05) is 23.7 Å². The maximum absolute atomic E-state index is 12.1. The van der Waals surface area contributed by atoms with E-state index in [0.29, 0.717) is 18.1 Å². The lowest BCUT2D eigenvalue weighted by Crippen LogP contribution is -2.39. The average Bonchev–Trinajstić information content (AvgIpc) is 2.42. The molecule has 6 heteroatoms. The molecule has 1 rings (SSSR count). The van der Waals surface area contributed by atoms with E-state index in [4.69, 9.17) is 16.7 Å². The lowest BCUT2D eigenvalue weighted by atomic mass is 10.2. The molecule has 1 aromatic rings. The minimum absolute atomic E-state index is 0.308. The van der Waals surface area contributed by atoms with Gasteiger partial charge in [0, 0.05) is 24.2 Å². The Morgan fingerprint density at radius 1 is 1.19 bits per heavy atom. The van der Waals surface area contributed by atoms with Crippen molar-refractivity contribution in [2.45, 2.75) is 0 Å². The van der Waals surface area contributed by atoms with Crippen LogP contribution in [0.3, 0.4) is 0 Å². The van der Waals surface area contributed by atoms with Gasteiger partial charge in [0.1, 0.15) is 6.54 Å². The normalized spacial score (nSPS) is 11.0. The Bertz CT molecular complexity index is 512. The molecule has 0 bridgehead atoms. The number of halogens is 1. The molecular formula is C15H19ClN2O3. The van der Waals surface area contributed by atoms with Gasteiger partial charge < -0.3 is 14.9 Å². The van der Waals surface area contributed by atoms with Crippen LogP contribution in [0.1, 0.15) is 5.56 Å². The Balaban J connectivity index is 2.70. The summed E-state index contributed by atoms with van der Waals surface area (Å²) in [5, 5.41) is 9.49.